The van der Waals surface area contributed by atoms with Crippen molar-refractivity contribution in [1.29, 1.82) is 0 Å². The van der Waals surface area contributed by atoms with Crippen molar-refractivity contribution in [2.24, 2.45) is 5.73 Å². The highest BCUT2D eigenvalue weighted by Crippen LogP contribution is 2.26. The first-order valence-corrected chi connectivity index (χ1v) is 7.03. The SMILES string of the molecule is NCCOC(=O)C(=O)Nc1nc(-c2cc(Br)no2)cs1. The number of esters is 1. The lowest BCUT2D eigenvalue weighted by Gasteiger charge is -2.01. The normalized spacial score (nSPS) is 10.3. The number of carbonyl (C=O) groups excluding carboxylic acids is 2. The maximum absolute atomic E-state index is 11.5. The largest absolute Gasteiger partial charge is 0.457 e. The number of anilines is 1. The minimum atomic E-state index is -1.00. The van der Waals surface area contributed by atoms with E-state index < -0.39 is 11.9 Å². The lowest BCUT2D eigenvalue weighted by molar-refractivity contribution is -0.152. The highest BCUT2D eigenvalue weighted by atomic mass is 79.9. The second-order valence-corrected chi connectivity index (χ2v) is 5.10. The summed E-state index contributed by atoms with van der Waals surface area (Å²) in [5.41, 5.74) is 5.66. The standard InChI is InChI=1S/C10H9BrN4O4S/c11-7-3-6(19-15-7)5-4-20-10(13-5)14-8(16)9(17)18-2-1-12/h3-4H,1-2,12H2,(H,13,14,16). The lowest BCUT2D eigenvalue weighted by Crippen LogP contribution is -2.26. The van der Waals surface area contributed by atoms with Crippen molar-refractivity contribution in [3.63, 3.8) is 0 Å². The summed E-state index contributed by atoms with van der Waals surface area (Å²) >= 11 is 4.29. The molecular weight excluding hydrogens is 352 g/mol. The maximum Gasteiger partial charge on any atom is 0.397 e. The van der Waals surface area contributed by atoms with Crippen LogP contribution < -0.4 is 11.1 Å². The molecule has 1 amide bonds. The molecule has 20 heavy (non-hydrogen) atoms. The van der Waals surface area contributed by atoms with Gasteiger partial charge in [0.05, 0.1) is 0 Å². The molecule has 0 spiro atoms. The Hall–Kier alpha value is -1.78. The number of carbonyl (C=O) groups is 2. The third-order valence-electron chi connectivity index (χ3n) is 1.99. The van der Waals surface area contributed by atoms with E-state index in [0.29, 0.717) is 16.1 Å². The fourth-order valence-electron chi connectivity index (χ4n) is 1.18. The zero-order valence-corrected chi connectivity index (χ0v) is 12.4. The number of rotatable bonds is 4. The Bertz CT molecular complexity index is 626. The quantitative estimate of drug-likeness (QED) is 0.616. The van der Waals surface area contributed by atoms with Crippen LogP contribution in [-0.4, -0.2) is 35.2 Å². The van der Waals surface area contributed by atoms with Gasteiger partial charge in [-0.25, -0.2) is 9.78 Å². The number of nitrogens with zero attached hydrogens (tertiary/aromatic N) is 2. The van der Waals surface area contributed by atoms with Crippen molar-refractivity contribution in [3.8, 4) is 11.5 Å². The van der Waals surface area contributed by atoms with E-state index >= 15 is 0 Å². The Morgan fingerprint density at radius 3 is 3.00 bits per heavy atom. The molecule has 0 aromatic carbocycles. The van der Waals surface area contributed by atoms with Crippen LogP contribution >= 0.6 is 27.3 Å². The van der Waals surface area contributed by atoms with Crippen LogP contribution in [0.4, 0.5) is 5.13 Å². The van der Waals surface area contributed by atoms with Crippen LogP contribution in [0.5, 0.6) is 0 Å². The number of ether oxygens (including phenoxy) is 1. The number of thiazole rings is 1. The van der Waals surface area contributed by atoms with E-state index in [9.17, 15) is 9.59 Å². The monoisotopic (exact) mass is 360 g/mol. The minimum Gasteiger partial charge on any atom is -0.457 e. The number of amides is 1. The average Bonchev–Trinajstić information content (AvgIpc) is 3.04. The van der Waals surface area contributed by atoms with Crippen LogP contribution in [0.1, 0.15) is 0 Å². The van der Waals surface area contributed by atoms with Gasteiger partial charge in [-0.1, -0.05) is 5.16 Å². The molecule has 0 bridgehead atoms. The fourth-order valence-corrected chi connectivity index (χ4v) is 2.16. The summed E-state index contributed by atoms with van der Waals surface area (Å²) in [5, 5.41) is 7.90. The van der Waals surface area contributed by atoms with Gasteiger partial charge in [-0.05, 0) is 15.9 Å². The molecular formula is C10H9BrN4O4S. The van der Waals surface area contributed by atoms with Gasteiger partial charge >= 0.3 is 11.9 Å². The molecule has 0 aliphatic carbocycles. The molecule has 2 heterocycles. The summed E-state index contributed by atoms with van der Waals surface area (Å²) in [4.78, 5) is 26.8. The summed E-state index contributed by atoms with van der Waals surface area (Å²) in [7, 11) is 0. The van der Waals surface area contributed by atoms with E-state index in [2.05, 4.69) is 36.1 Å². The molecule has 0 aliphatic rings. The van der Waals surface area contributed by atoms with Gasteiger partial charge in [0.25, 0.3) is 0 Å². The van der Waals surface area contributed by atoms with E-state index in [1.165, 1.54) is 0 Å². The van der Waals surface area contributed by atoms with Gasteiger partial charge in [-0.2, -0.15) is 0 Å². The molecule has 0 saturated carbocycles. The third-order valence-corrected chi connectivity index (χ3v) is 3.13. The van der Waals surface area contributed by atoms with Crippen LogP contribution in [-0.2, 0) is 14.3 Å². The molecule has 3 N–H and O–H groups in total. The second kappa shape index (κ2) is 6.59. The number of halogens is 1. The summed E-state index contributed by atoms with van der Waals surface area (Å²) in [6.07, 6.45) is 0. The van der Waals surface area contributed by atoms with Crippen molar-refractivity contribution in [2.75, 3.05) is 18.5 Å². The van der Waals surface area contributed by atoms with Crippen LogP contribution in [0.15, 0.2) is 20.6 Å². The van der Waals surface area contributed by atoms with E-state index in [0.717, 1.165) is 11.3 Å². The highest BCUT2D eigenvalue weighted by molar-refractivity contribution is 9.10. The maximum atomic E-state index is 11.5. The highest BCUT2D eigenvalue weighted by Gasteiger charge is 2.18. The Balaban J connectivity index is 1.99. The average molecular weight is 361 g/mol. The molecule has 0 radical (unpaired) electrons. The summed E-state index contributed by atoms with van der Waals surface area (Å²) in [6, 6.07) is 1.64. The van der Waals surface area contributed by atoms with Crippen molar-refractivity contribution in [3.05, 3.63) is 16.0 Å². The molecule has 2 rings (SSSR count). The van der Waals surface area contributed by atoms with Gasteiger partial charge in [0.15, 0.2) is 10.9 Å². The second-order valence-electron chi connectivity index (χ2n) is 3.43. The van der Waals surface area contributed by atoms with Gasteiger partial charge < -0.3 is 15.0 Å². The minimum absolute atomic E-state index is 0.0124. The molecule has 2 aromatic heterocycles. The topological polar surface area (TPSA) is 120 Å². The van der Waals surface area contributed by atoms with Gasteiger partial charge in [-0.15, -0.1) is 11.3 Å². The van der Waals surface area contributed by atoms with E-state index in [1.54, 1.807) is 11.4 Å². The van der Waals surface area contributed by atoms with Gasteiger partial charge in [-0.3, -0.25) is 10.1 Å². The van der Waals surface area contributed by atoms with Gasteiger partial charge in [0, 0.05) is 18.0 Å². The van der Waals surface area contributed by atoms with Crippen LogP contribution in [0.2, 0.25) is 0 Å². The first-order valence-electron chi connectivity index (χ1n) is 5.36. The first-order chi connectivity index (χ1) is 9.60. The van der Waals surface area contributed by atoms with Gasteiger partial charge in [0.2, 0.25) is 0 Å². The van der Waals surface area contributed by atoms with Crippen LogP contribution in [0.25, 0.3) is 11.5 Å². The van der Waals surface area contributed by atoms with Crippen LogP contribution in [0.3, 0.4) is 0 Å². The zero-order chi connectivity index (χ0) is 14.5. The first kappa shape index (κ1) is 14.6. The van der Waals surface area contributed by atoms with Gasteiger partial charge in [0.1, 0.15) is 16.9 Å². The predicted molar refractivity (Wildman–Crippen MR) is 74.0 cm³/mol. The smallest absolute Gasteiger partial charge is 0.397 e. The number of hydrogen-bond donors (Lipinski definition) is 2. The van der Waals surface area contributed by atoms with E-state index in [-0.39, 0.29) is 18.3 Å². The van der Waals surface area contributed by atoms with Crippen molar-refractivity contribution < 1.29 is 18.8 Å². The Kier molecular flexibility index (Phi) is 4.82. The van der Waals surface area contributed by atoms with E-state index in [4.69, 9.17) is 10.3 Å². The molecule has 10 heteroatoms. The van der Waals surface area contributed by atoms with Crippen LogP contribution in [0, 0.1) is 0 Å². The molecule has 0 atom stereocenters. The molecule has 2 aromatic rings. The van der Waals surface area contributed by atoms with E-state index in [1.807, 2.05) is 0 Å². The summed E-state index contributed by atoms with van der Waals surface area (Å²) < 4.78 is 10.1. The molecule has 0 fully saturated rings. The molecule has 8 nitrogen and oxygen atoms in total. The number of aromatic nitrogens is 2. The molecule has 106 valence electrons. The number of nitrogens with one attached hydrogen (secondary N) is 1. The lowest BCUT2D eigenvalue weighted by atomic mass is 10.4. The fraction of sp³-hybridized carbons (Fsp3) is 0.200. The molecule has 0 saturated heterocycles. The predicted octanol–water partition coefficient (Wildman–Crippen LogP) is 1.00. The zero-order valence-electron chi connectivity index (χ0n) is 9.96. The summed E-state index contributed by atoms with van der Waals surface area (Å²) in [5.74, 6) is -1.47. The number of nitrogens with two attached hydrogens (primary N) is 1. The number of hydrogen-bond acceptors (Lipinski definition) is 8. The molecule has 0 unspecified atom stereocenters. The van der Waals surface area contributed by atoms with Crippen molar-refractivity contribution in [1.82, 2.24) is 10.1 Å². The van der Waals surface area contributed by atoms with Crippen molar-refractivity contribution in [2.45, 2.75) is 0 Å². The Morgan fingerprint density at radius 1 is 1.55 bits per heavy atom. The Labute approximate surface area is 125 Å². The Morgan fingerprint density at radius 2 is 2.35 bits per heavy atom. The summed E-state index contributed by atoms with van der Waals surface area (Å²) in [6.45, 7) is 0.141. The molecule has 0 aliphatic heterocycles. The van der Waals surface area contributed by atoms with Crippen molar-refractivity contribution >= 4 is 44.3 Å². The third kappa shape index (κ3) is 3.62.